The second-order valence-corrected chi connectivity index (χ2v) is 8.76. The first-order valence-corrected chi connectivity index (χ1v) is 9.35. The molecule has 5 rings (SSSR count). The van der Waals surface area contributed by atoms with Gasteiger partial charge < -0.3 is 4.74 Å². The van der Waals surface area contributed by atoms with Crippen LogP contribution in [0.2, 0.25) is 0 Å². The topological polar surface area (TPSA) is 9.23 Å². The van der Waals surface area contributed by atoms with Crippen LogP contribution in [0.1, 0.15) is 77.6 Å². The Hall–Kier alpha value is -0.0400. The average Bonchev–Trinajstić information content (AvgIpc) is 2.44. The summed E-state index contributed by atoms with van der Waals surface area (Å²) in [6, 6.07) is 0. The summed E-state index contributed by atoms with van der Waals surface area (Å²) < 4.78 is 6.47. The van der Waals surface area contributed by atoms with E-state index in [0.717, 1.165) is 30.3 Å². The van der Waals surface area contributed by atoms with Crippen molar-refractivity contribution in [3.8, 4) is 0 Å². The van der Waals surface area contributed by atoms with Crippen molar-refractivity contribution >= 4 is 0 Å². The van der Waals surface area contributed by atoms with Crippen LogP contribution in [-0.4, -0.2) is 12.7 Å². The van der Waals surface area contributed by atoms with Gasteiger partial charge in [-0.1, -0.05) is 19.3 Å². The van der Waals surface area contributed by atoms with Crippen LogP contribution in [0.25, 0.3) is 0 Å². The first-order chi connectivity index (χ1) is 9.73. The Morgan fingerprint density at radius 1 is 0.900 bits per heavy atom. The van der Waals surface area contributed by atoms with Gasteiger partial charge in [0, 0.05) is 6.61 Å². The second-order valence-electron chi connectivity index (χ2n) is 8.76. The van der Waals surface area contributed by atoms with Crippen molar-refractivity contribution in [3.05, 3.63) is 0 Å². The highest BCUT2D eigenvalue weighted by Crippen LogP contribution is 2.61. The van der Waals surface area contributed by atoms with Crippen LogP contribution in [0.15, 0.2) is 0 Å². The molecule has 0 saturated heterocycles. The molecule has 114 valence electrons. The molecule has 0 aromatic rings. The van der Waals surface area contributed by atoms with Crippen molar-refractivity contribution < 1.29 is 4.74 Å². The third-order valence-corrected chi connectivity index (χ3v) is 7.25. The summed E-state index contributed by atoms with van der Waals surface area (Å²) in [7, 11) is 0. The summed E-state index contributed by atoms with van der Waals surface area (Å²) in [4.78, 5) is 0. The first-order valence-electron chi connectivity index (χ1n) is 9.35. The van der Waals surface area contributed by atoms with E-state index >= 15 is 0 Å². The van der Waals surface area contributed by atoms with Gasteiger partial charge >= 0.3 is 0 Å². The Morgan fingerprint density at radius 3 is 2.00 bits per heavy atom. The van der Waals surface area contributed by atoms with Crippen molar-refractivity contribution in [3.63, 3.8) is 0 Å². The summed E-state index contributed by atoms with van der Waals surface area (Å²) in [5.74, 6) is 4.05. The molecule has 0 N–H and O–H groups in total. The number of hydrogen-bond acceptors (Lipinski definition) is 1. The lowest BCUT2D eigenvalue weighted by atomic mass is 9.48. The van der Waals surface area contributed by atoms with Gasteiger partial charge in [0.15, 0.2) is 0 Å². The van der Waals surface area contributed by atoms with Gasteiger partial charge in [0.1, 0.15) is 0 Å². The van der Waals surface area contributed by atoms with E-state index in [4.69, 9.17) is 4.74 Å². The minimum absolute atomic E-state index is 0.526. The monoisotopic (exact) mass is 276 g/mol. The van der Waals surface area contributed by atoms with Crippen LogP contribution in [-0.2, 0) is 4.74 Å². The molecular formula is C19H32O. The lowest BCUT2D eigenvalue weighted by molar-refractivity contribution is -0.141. The molecule has 5 aliphatic carbocycles. The summed E-state index contributed by atoms with van der Waals surface area (Å²) in [6.07, 6.45) is 16.8. The molecule has 5 aliphatic rings. The van der Waals surface area contributed by atoms with Crippen LogP contribution in [0.5, 0.6) is 0 Å². The summed E-state index contributed by atoms with van der Waals surface area (Å²) in [5.41, 5.74) is 0.587. The molecule has 0 aromatic heterocycles. The van der Waals surface area contributed by atoms with E-state index in [2.05, 4.69) is 6.92 Å². The van der Waals surface area contributed by atoms with Crippen LogP contribution in [0.4, 0.5) is 0 Å². The van der Waals surface area contributed by atoms with Crippen molar-refractivity contribution in [2.75, 3.05) is 6.61 Å². The Labute approximate surface area is 124 Å². The quantitative estimate of drug-likeness (QED) is 0.686. The van der Waals surface area contributed by atoms with E-state index < -0.39 is 0 Å². The van der Waals surface area contributed by atoms with Crippen LogP contribution >= 0.6 is 0 Å². The summed E-state index contributed by atoms with van der Waals surface area (Å²) in [6.45, 7) is 3.47. The van der Waals surface area contributed by atoms with E-state index in [0.29, 0.717) is 11.5 Å². The van der Waals surface area contributed by atoms with Gasteiger partial charge in [-0.3, -0.25) is 0 Å². The first kappa shape index (κ1) is 13.6. The largest absolute Gasteiger partial charge is 0.378 e. The SMILES string of the molecule is CC(OCC1CCCCC1)C12CC3CC(CC(C3)C1)C2. The van der Waals surface area contributed by atoms with Gasteiger partial charge in [-0.15, -0.1) is 0 Å². The standard InChI is InChI=1S/C19H32O/c1-14(20-13-15-5-3-2-4-6-15)19-10-16-7-17(11-19)9-18(8-16)12-19/h14-18H,2-13H2,1H3. The zero-order valence-corrected chi connectivity index (χ0v) is 13.3. The molecule has 5 saturated carbocycles. The minimum Gasteiger partial charge on any atom is -0.378 e. The zero-order chi connectivity index (χ0) is 13.6. The van der Waals surface area contributed by atoms with E-state index in [1.807, 2.05) is 0 Å². The molecule has 5 fully saturated rings. The van der Waals surface area contributed by atoms with E-state index in [1.165, 1.54) is 51.4 Å². The van der Waals surface area contributed by atoms with Crippen molar-refractivity contribution in [2.45, 2.75) is 83.7 Å². The lowest BCUT2D eigenvalue weighted by Gasteiger charge is -2.58. The van der Waals surface area contributed by atoms with E-state index in [1.54, 1.807) is 19.3 Å². The molecule has 0 amide bonds. The van der Waals surface area contributed by atoms with Crippen LogP contribution < -0.4 is 0 Å². The Kier molecular flexibility index (Phi) is 3.61. The predicted octanol–water partition coefficient (Wildman–Crippen LogP) is 5.19. The van der Waals surface area contributed by atoms with E-state index in [-0.39, 0.29) is 0 Å². The normalized spacial score (nSPS) is 45.8. The lowest BCUT2D eigenvalue weighted by Crippen LogP contribution is -2.51. The Balaban J connectivity index is 1.36. The van der Waals surface area contributed by atoms with Crippen LogP contribution in [0.3, 0.4) is 0 Å². The highest BCUT2D eigenvalue weighted by Gasteiger charge is 2.53. The van der Waals surface area contributed by atoms with Crippen molar-refractivity contribution in [1.29, 1.82) is 0 Å². The molecule has 1 heteroatoms. The van der Waals surface area contributed by atoms with Gasteiger partial charge in [-0.05, 0) is 87.4 Å². The minimum atomic E-state index is 0.526. The third kappa shape index (κ3) is 2.45. The maximum atomic E-state index is 6.47. The van der Waals surface area contributed by atoms with Gasteiger partial charge in [0.05, 0.1) is 6.10 Å². The molecule has 0 radical (unpaired) electrons. The number of hydrogen-bond donors (Lipinski definition) is 0. The van der Waals surface area contributed by atoms with E-state index in [9.17, 15) is 0 Å². The Morgan fingerprint density at radius 2 is 1.45 bits per heavy atom. The molecule has 0 spiro atoms. The molecule has 1 atom stereocenters. The highest BCUT2D eigenvalue weighted by atomic mass is 16.5. The number of rotatable bonds is 4. The van der Waals surface area contributed by atoms with Gasteiger partial charge in [0.25, 0.3) is 0 Å². The van der Waals surface area contributed by atoms with Crippen molar-refractivity contribution in [1.82, 2.24) is 0 Å². The fourth-order valence-electron chi connectivity index (χ4n) is 6.49. The molecule has 0 heterocycles. The molecule has 4 bridgehead atoms. The Bertz CT molecular complexity index is 306. The highest BCUT2D eigenvalue weighted by molar-refractivity contribution is 5.03. The summed E-state index contributed by atoms with van der Waals surface area (Å²) >= 11 is 0. The van der Waals surface area contributed by atoms with Crippen LogP contribution in [0, 0.1) is 29.1 Å². The fraction of sp³-hybridized carbons (Fsp3) is 1.00. The van der Waals surface area contributed by atoms with Gasteiger partial charge in [0.2, 0.25) is 0 Å². The molecule has 1 unspecified atom stereocenters. The third-order valence-electron chi connectivity index (χ3n) is 7.25. The molecule has 20 heavy (non-hydrogen) atoms. The molecule has 0 aromatic carbocycles. The smallest absolute Gasteiger partial charge is 0.0603 e. The average molecular weight is 276 g/mol. The van der Waals surface area contributed by atoms with Gasteiger partial charge in [-0.25, -0.2) is 0 Å². The molecular weight excluding hydrogens is 244 g/mol. The second kappa shape index (κ2) is 5.30. The van der Waals surface area contributed by atoms with Gasteiger partial charge in [-0.2, -0.15) is 0 Å². The molecule has 0 aliphatic heterocycles. The fourth-order valence-corrected chi connectivity index (χ4v) is 6.49. The summed E-state index contributed by atoms with van der Waals surface area (Å²) in [5, 5.41) is 0. The number of ether oxygens (including phenoxy) is 1. The maximum Gasteiger partial charge on any atom is 0.0603 e. The molecule has 1 nitrogen and oxygen atoms in total. The predicted molar refractivity (Wildman–Crippen MR) is 82.6 cm³/mol. The zero-order valence-electron chi connectivity index (χ0n) is 13.3. The van der Waals surface area contributed by atoms with Crippen molar-refractivity contribution in [2.24, 2.45) is 29.1 Å². The maximum absolute atomic E-state index is 6.47.